The first-order valence-corrected chi connectivity index (χ1v) is 9.85. The van der Waals surface area contributed by atoms with E-state index < -0.39 is 6.46 Å². The van der Waals surface area contributed by atoms with Gasteiger partial charge in [0.1, 0.15) is 0 Å². The Morgan fingerprint density at radius 3 is 2.33 bits per heavy atom. The van der Waals surface area contributed by atoms with Crippen molar-refractivity contribution in [1.82, 2.24) is 0 Å². The molecule has 2 aliphatic rings. The highest BCUT2D eigenvalue weighted by atomic mass is 32.7. The van der Waals surface area contributed by atoms with Crippen molar-refractivity contribution in [2.24, 2.45) is 17.8 Å². The molecule has 1 saturated heterocycles. The van der Waals surface area contributed by atoms with Gasteiger partial charge in [-0.1, -0.05) is 27.2 Å². The molecular weight excluding hydrogens is 219 g/mol. The van der Waals surface area contributed by atoms with E-state index in [2.05, 4.69) is 20.8 Å². The molecule has 0 aromatic rings. The summed E-state index contributed by atoms with van der Waals surface area (Å²) < 4.78 is 0. The summed E-state index contributed by atoms with van der Waals surface area (Å²) in [6, 6.07) is 0. The van der Waals surface area contributed by atoms with Crippen LogP contribution >= 0.6 is 6.46 Å². The zero-order valence-corrected chi connectivity index (χ0v) is 12.1. The zero-order chi connectivity index (χ0) is 11.1. The van der Waals surface area contributed by atoms with Crippen molar-refractivity contribution in [1.29, 1.82) is 0 Å². The van der Waals surface area contributed by atoms with Gasteiger partial charge in [0.2, 0.25) is 0 Å². The van der Waals surface area contributed by atoms with Gasteiger partial charge in [-0.25, -0.2) is 0 Å². The van der Waals surface area contributed by atoms with Gasteiger partial charge in [0.25, 0.3) is 0 Å². The van der Waals surface area contributed by atoms with Gasteiger partial charge in [-0.3, -0.25) is 0 Å². The summed E-state index contributed by atoms with van der Waals surface area (Å²) in [4.78, 5) is 0. The molecular formula is C13H25PS. The molecule has 2 heteroatoms. The zero-order valence-electron chi connectivity index (χ0n) is 10.4. The van der Waals surface area contributed by atoms with Gasteiger partial charge in [0, 0.05) is 18.7 Å². The molecule has 1 heterocycles. The third-order valence-corrected chi connectivity index (χ3v) is 10.5. The average molecular weight is 244 g/mol. The molecule has 2 rings (SSSR count). The van der Waals surface area contributed by atoms with Gasteiger partial charge in [-0.15, -0.1) is 6.46 Å². The van der Waals surface area contributed by atoms with Crippen LogP contribution in [0.15, 0.2) is 0 Å². The first kappa shape index (κ1) is 12.2. The predicted molar refractivity (Wildman–Crippen MR) is 73.8 cm³/mol. The fourth-order valence-electron chi connectivity index (χ4n) is 3.49. The third kappa shape index (κ3) is 2.39. The van der Waals surface area contributed by atoms with Crippen LogP contribution in [-0.4, -0.2) is 18.0 Å². The summed E-state index contributed by atoms with van der Waals surface area (Å²) in [7, 11) is 0. The Morgan fingerprint density at radius 1 is 1.20 bits per heavy atom. The summed E-state index contributed by atoms with van der Waals surface area (Å²) in [5, 5.41) is 0. The van der Waals surface area contributed by atoms with Crippen LogP contribution in [0.3, 0.4) is 0 Å². The fourth-order valence-corrected chi connectivity index (χ4v) is 8.53. The van der Waals surface area contributed by atoms with Crippen LogP contribution in [0.4, 0.5) is 0 Å². The van der Waals surface area contributed by atoms with Gasteiger partial charge >= 0.3 is 0 Å². The Kier molecular flexibility index (Phi) is 3.73. The fraction of sp³-hybridized carbons (Fsp3) is 1.00. The predicted octanol–water partition coefficient (Wildman–Crippen LogP) is 4.33. The monoisotopic (exact) mass is 244 g/mol. The molecule has 1 saturated carbocycles. The second-order valence-electron chi connectivity index (χ2n) is 6.15. The lowest BCUT2D eigenvalue weighted by atomic mass is 9.77. The van der Waals surface area contributed by atoms with Gasteiger partial charge in [0.05, 0.1) is 5.66 Å². The molecule has 0 aromatic heterocycles. The smallest absolute Gasteiger partial charge is 0.0535 e. The van der Waals surface area contributed by atoms with Crippen molar-refractivity contribution in [3.63, 3.8) is 0 Å². The normalized spacial score (nSPS) is 40.2. The second-order valence-corrected chi connectivity index (χ2v) is 11.8. The Labute approximate surface area is 101 Å². The molecule has 0 nitrogen and oxygen atoms in total. The Balaban J connectivity index is 2.09. The van der Waals surface area contributed by atoms with Crippen molar-refractivity contribution in [2.75, 3.05) is 12.3 Å². The van der Waals surface area contributed by atoms with Crippen LogP contribution in [0, 0.1) is 17.8 Å². The molecule has 1 aliphatic heterocycles. The van der Waals surface area contributed by atoms with Gasteiger partial charge < -0.3 is 12.2 Å². The summed E-state index contributed by atoms with van der Waals surface area (Å²) in [6.07, 6.45) is 8.68. The first-order chi connectivity index (χ1) is 7.03. The highest BCUT2D eigenvalue weighted by molar-refractivity contribution is 8.43. The number of rotatable bonds is 2. The number of hydrogen-bond donors (Lipinski definition) is 0. The van der Waals surface area contributed by atoms with E-state index in [1.54, 1.807) is 0 Å². The summed E-state index contributed by atoms with van der Waals surface area (Å²) in [5.74, 6) is 2.78. The van der Waals surface area contributed by atoms with E-state index in [1.165, 1.54) is 38.0 Å². The molecule has 1 aliphatic carbocycles. The van der Waals surface area contributed by atoms with Crippen molar-refractivity contribution in [2.45, 2.75) is 52.1 Å². The van der Waals surface area contributed by atoms with Gasteiger partial charge in [0.15, 0.2) is 0 Å². The van der Waals surface area contributed by atoms with E-state index in [0.717, 1.165) is 23.4 Å². The minimum absolute atomic E-state index is 0.864. The Morgan fingerprint density at radius 2 is 1.87 bits per heavy atom. The maximum absolute atomic E-state index is 6.01. The molecule has 15 heavy (non-hydrogen) atoms. The Hall–Kier alpha value is 0.780. The molecule has 0 aromatic carbocycles. The lowest BCUT2D eigenvalue weighted by Gasteiger charge is -2.53. The van der Waals surface area contributed by atoms with Crippen molar-refractivity contribution in [3.8, 4) is 0 Å². The molecule has 0 bridgehead atoms. The highest BCUT2D eigenvalue weighted by Crippen LogP contribution is 2.72. The average Bonchev–Trinajstić information content (AvgIpc) is 2.13. The van der Waals surface area contributed by atoms with Crippen LogP contribution in [0.25, 0.3) is 0 Å². The molecule has 0 N–H and O–H groups in total. The highest BCUT2D eigenvalue weighted by Gasteiger charge is 2.46. The number of hydrogen-bond acceptors (Lipinski definition) is 1. The molecule has 0 amide bonds. The molecule has 3 unspecified atom stereocenters. The van der Waals surface area contributed by atoms with Crippen LogP contribution in [-0.2, 0) is 12.2 Å². The first-order valence-electron chi connectivity index (χ1n) is 6.60. The summed E-state index contributed by atoms with van der Waals surface area (Å²) in [5.41, 5.74) is 0.963. The third-order valence-electron chi connectivity index (χ3n) is 4.66. The maximum atomic E-state index is 6.01. The lowest BCUT2D eigenvalue weighted by molar-refractivity contribution is 0.239. The Bertz CT molecular complexity index is 223. The standard InChI is InChI=1S/C13H25PS/c1-10(2)12-6-5-11(3)9-13(12)14(15)7-4-8-14/h10-13H,4-9H2,1-3H3. The topological polar surface area (TPSA) is 0 Å². The second kappa shape index (κ2) is 4.57. The quantitative estimate of drug-likeness (QED) is 0.514. The van der Waals surface area contributed by atoms with Gasteiger partial charge in [-0.05, 0) is 30.6 Å². The SMILES string of the molecule is CC1CCC(C(C)C)C([P+]2([S-])CCC2)C1. The van der Waals surface area contributed by atoms with E-state index >= 15 is 0 Å². The molecule has 88 valence electrons. The minimum Gasteiger partial charge on any atom is -0.556 e. The molecule has 3 atom stereocenters. The summed E-state index contributed by atoms with van der Waals surface area (Å²) in [6.45, 7) is 6.38. The largest absolute Gasteiger partial charge is 0.556 e. The van der Waals surface area contributed by atoms with Crippen LogP contribution in [0.1, 0.15) is 46.5 Å². The van der Waals surface area contributed by atoms with Gasteiger partial charge in [-0.2, -0.15) is 0 Å². The lowest BCUT2D eigenvalue weighted by Crippen LogP contribution is -2.38. The molecule has 0 radical (unpaired) electrons. The van der Waals surface area contributed by atoms with E-state index in [4.69, 9.17) is 12.2 Å². The van der Waals surface area contributed by atoms with E-state index in [-0.39, 0.29) is 0 Å². The van der Waals surface area contributed by atoms with Crippen molar-refractivity contribution in [3.05, 3.63) is 0 Å². The summed E-state index contributed by atoms with van der Waals surface area (Å²) >= 11 is 6.01. The van der Waals surface area contributed by atoms with Crippen LogP contribution in [0.5, 0.6) is 0 Å². The van der Waals surface area contributed by atoms with E-state index in [9.17, 15) is 0 Å². The van der Waals surface area contributed by atoms with Crippen molar-refractivity contribution < 1.29 is 0 Å². The molecule has 0 spiro atoms. The van der Waals surface area contributed by atoms with Crippen molar-refractivity contribution >= 4 is 18.7 Å². The maximum Gasteiger partial charge on any atom is 0.0535 e. The molecule has 2 fully saturated rings. The minimum atomic E-state index is -0.882. The van der Waals surface area contributed by atoms with Crippen LogP contribution in [0.2, 0.25) is 0 Å². The van der Waals surface area contributed by atoms with Crippen LogP contribution < -0.4 is 0 Å². The van der Waals surface area contributed by atoms with E-state index in [0.29, 0.717) is 0 Å². The van der Waals surface area contributed by atoms with E-state index in [1.807, 2.05) is 0 Å².